The quantitative estimate of drug-likeness (QED) is 0.586. The number of nitrogens with one attached hydrogen (secondary N) is 1. The summed E-state index contributed by atoms with van der Waals surface area (Å²) in [5.41, 5.74) is 0.414. The number of rotatable bonds is 8. The normalized spacial score (nSPS) is 15.2. The maximum Gasteiger partial charge on any atom is 0.269 e. The van der Waals surface area contributed by atoms with E-state index in [1.54, 1.807) is 38.1 Å². The monoisotopic (exact) mass is 511 g/mol. The van der Waals surface area contributed by atoms with Gasteiger partial charge in [0.2, 0.25) is 11.8 Å². The molecule has 0 fully saturated rings. The number of halogens is 2. The molecule has 33 heavy (non-hydrogen) atoms. The number of amides is 3. The molecule has 11 heteroatoms. The van der Waals surface area contributed by atoms with E-state index in [2.05, 4.69) is 5.32 Å². The fraction of sp³-hybridized carbons (Fsp3) is 0.318. The minimum Gasteiger partial charge on any atom is -0.355 e. The van der Waals surface area contributed by atoms with E-state index in [9.17, 15) is 22.8 Å². The van der Waals surface area contributed by atoms with Crippen LogP contribution >= 0.6 is 23.2 Å². The largest absolute Gasteiger partial charge is 0.355 e. The molecule has 2 aromatic carbocycles. The summed E-state index contributed by atoms with van der Waals surface area (Å²) >= 11 is 12.6. The zero-order valence-electron chi connectivity index (χ0n) is 18.0. The Morgan fingerprint density at radius 3 is 2.27 bits per heavy atom. The van der Waals surface area contributed by atoms with E-state index in [1.807, 2.05) is 0 Å². The smallest absolute Gasteiger partial charge is 0.269 e. The van der Waals surface area contributed by atoms with Gasteiger partial charge in [0, 0.05) is 28.7 Å². The second kappa shape index (κ2) is 10.1. The molecule has 0 saturated carbocycles. The SMILES string of the molecule is CCNC(=O)[C@@H](CC)N(Cc1c(Cl)cccc1Cl)C(=O)CN1C(=O)c2ccccc2S1(=O)=O. The van der Waals surface area contributed by atoms with Gasteiger partial charge in [-0.15, -0.1) is 0 Å². The Labute approximate surface area is 202 Å². The Hall–Kier alpha value is -2.62. The molecule has 0 unspecified atom stereocenters. The van der Waals surface area contributed by atoms with E-state index in [-0.39, 0.29) is 23.4 Å². The summed E-state index contributed by atoms with van der Waals surface area (Å²) < 4.78 is 26.3. The zero-order chi connectivity index (χ0) is 24.3. The number of likely N-dealkylation sites (N-methyl/N-ethyl adjacent to an activating group) is 1. The van der Waals surface area contributed by atoms with Crippen molar-refractivity contribution < 1.29 is 22.8 Å². The highest BCUT2D eigenvalue weighted by atomic mass is 35.5. The first kappa shape index (κ1) is 25.0. The van der Waals surface area contributed by atoms with Gasteiger partial charge in [-0.1, -0.05) is 48.3 Å². The van der Waals surface area contributed by atoms with Gasteiger partial charge >= 0.3 is 0 Å². The number of sulfonamides is 1. The molecule has 1 aliphatic rings. The third-order valence-corrected chi connectivity index (χ3v) is 7.81. The van der Waals surface area contributed by atoms with Crippen molar-refractivity contribution >= 4 is 50.9 Å². The van der Waals surface area contributed by atoms with Crippen molar-refractivity contribution in [3.05, 3.63) is 63.6 Å². The standard InChI is InChI=1S/C22H23Cl2N3O5S/c1-3-18(21(29)25-4-2)26(12-15-16(23)9-7-10-17(15)24)20(28)13-27-22(30)14-8-5-6-11-19(14)33(27,31)32/h5-11,18H,3-4,12-13H2,1-2H3,(H,25,29)/t18-/m1/s1. The molecular formula is C22H23Cl2N3O5S. The number of carbonyl (C=O) groups excluding carboxylic acids is 3. The number of benzene rings is 2. The van der Waals surface area contributed by atoms with Crippen molar-refractivity contribution in [1.29, 1.82) is 0 Å². The molecule has 176 valence electrons. The minimum absolute atomic E-state index is 0.00164. The maximum absolute atomic E-state index is 13.4. The summed E-state index contributed by atoms with van der Waals surface area (Å²) in [6.45, 7) is 2.92. The van der Waals surface area contributed by atoms with Gasteiger partial charge in [-0.3, -0.25) is 14.4 Å². The van der Waals surface area contributed by atoms with Gasteiger partial charge in [0.15, 0.2) is 0 Å². The molecule has 1 aliphatic heterocycles. The van der Waals surface area contributed by atoms with E-state index in [1.165, 1.54) is 23.1 Å². The summed E-state index contributed by atoms with van der Waals surface area (Å²) in [5.74, 6) is -1.93. The van der Waals surface area contributed by atoms with E-state index in [0.29, 0.717) is 26.5 Å². The molecular weight excluding hydrogens is 489 g/mol. The van der Waals surface area contributed by atoms with Gasteiger partial charge in [0.1, 0.15) is 17.5 Å². The molecule has 8 nitrogen and oxygen atoms in total. The van der Waals surface area contributed by atoms with E-state index < -0.39 is 40.3 Å². The lowest BCUT2D eigenvalue weighted by molar-refractivity contribution is -0.141. The first-order valence-corrected chi connectivity index (χ1v) is 12.5. The summed E-state index contributed by atoms with van der Waals surface area (Å²) in [6.07, 6.45) is 0.251. The second-order valence-corrected chi connectivity index (χ2v) is 10.00. The molecule has 0 bridgehead atoms. The van der Waals surface area contributed by atoms with Crippen molar-refractivity contribution in [2.75, 3.05) is 13.1 Å². The van der Waals surface area contributed by atoms with Crippen LogP contribution in [0.25, 0.3) is 0 Å². The van der Waals surface area contributed by atoms with Crippen LogP contribution in [0.3, 0.4) is 0 Å². The highest BCUT2D eigenvalue weighted by Crippen LogP contribution is 2.31. The lowest BCUT2D eigenvalue weighted by atomic mass is 10.1. The van der Waals surface area contributed by atoms with Crippen molar-refractivity contribution in [3.8, 4) is 0 Å². The van der Waals surface area contributed by atoms with Crippen LogP contribution in [0.4, 0.5) is 0 Å². The fourth-order valence-electron chi connectivity index (χ4n) is 3.67. The molecule has 3 rings (SSSR count). The molecule has 1 heterocycles. The van der Waals surface area contributed by atoms with Crippen molar-refractivity contribution in [1.82, 2.24) is 14.5 Å². The number of nitrogens with zero attached hydrogens (tertiary/aromatic N) is 2. The Balaban J connectivity index is 1.97. The number of carbonyl (C=O) groups is 3. The third-order valence-electron chi connectivity index (χ3n) is 5.32. The predicted octanol–water partition coefficient (Wildman–Crippen LogP) is 3.08. The van der Waals surface area contributed by atoms with Gasteiger partial charge in [0.25, 0.3) is 15.9 Å². The van der Waals surface area contributed by atoms with E-state index >= 15 is 0 Å². The average molecular weight is 512 g/mol. The molecule has 0 saturated heterocycles. The summed E-state index contributed by atoms with van der Waals surface area (Å²) in [4.78, 5) is 40.0. The van der Waals surface area contributed by atoms with Crippen molar-refractivity contribution in [2.24, 2.45) is 0 Å². The topological polar surface area (TPSA) is 104 Å². The summed E-state index contributed by atoms with van der Waals surface area (Å²) in [5, 5.41) is 3.27. The Bertz CT molecular complexity index is 1180. The van der Waals surface area contributed by atoms with E-state index in [0.717, 1.165) is 0 Å². The van der Waals surface area contributed by atoms with Gasteiger partial charge in [0.05, 0.1) is 5.56 Å². The molecule has 0 aromatic heterocycles. The third kappa shape index (κ3) is 4.85. The number of hydrogen-bond donors (Lipinski definition) is 1. The van der Waals surface area contributed by atoms with Gasteiger partial charge < -0.3 is 10.2 Å². The van der Waals surface area contributed by atoms with Crippen LogP contribution in [0.15, 0.2) is 47.4 Å². The van der Waals surface area contributed by atoms with E-state index in [4.69, 9.17) is 23.2 Å². The fourth-order valence-corrected chi connectivity index (χ4v) is 5.70. The zero-order valence-corrected chi connectivity index (χ0v) is 20.4. The Morgan fingerprint density at radius 1 is 1.06 bits per heavy atom. The molecule has 3 amide bonds. The number of hydrogen-bond acceptors (Lipinski definition) is 5. The van der Waals surface area contributed by atoms with Crippen LogP contribution in [0.2, 0.25) is 10.0 Å². The first-order chi connectivity index (χ1) is 15.6. The minimum atomic E-state index is -4.19. The van der Waals surface area contributed by atoms with Crippen LogP contribution in [-0.4, -0.2) is 54.5 Å². The molecule has 0 aliphatic carbocycles. The lowest BCUT2D eigenvalue weighted by Gasteiger charge is -2.32. The summed E-state index contributed by atoms with van der Waals surface area (Å²) in [7, 11) is -4.19. The van der Waals surface area contributed by atoms with Crippen LogP contribution < -0.4 is 5.32 Å². The maximum atomic E-state index is 13.4. The highest BCUT2D eigenvalue weighted by molar-refractivity contribution is 7.90. The van der Waals surface area contributed by atoms with Crippen LogP contribution in [0, 0.1) is 0 Å². The van der Waals surface area contributed by atoms with Gasteiger partial charge in [-0.2, -0.15) is 0 Å². The highest BCUT2D eigenvalue weighted by Gasteiger charge is 2.43. The second-order valence-electron chi connectivity index (χ2n) is 7.35. The average Bonchev–Trinajstić information content (AvgIpc) is 2.96. The lowest BCUT2D eigenvalue weighted by Crippen LogP contribution is -2.52. The van der Waals surface area contributed by atoms with Crippen LogP contribution in [-0.2, 0) is 26.2 Å². The Kier molecular flexibility index (Phi) is 7.66. The molecule has 0 radical (unpaired) electrons. The molecule has 1 N–H and O–H groups in total. The van der Waals surface area contributed by atoms with Crippen LogP contribution in [0.5, 0.6) is 0 Å². The predicted molar refractivity (Wildman–Crippen MR) is 124 cm³/mol. The Morgan fingerprint density at radius 2 is 1.70 bits per heavy atom. The van der Waals surface area contributed by atoms with Gasteiger partial charge in [-0.05, 0) is 37.6 Å². The van der Waals surface area contributed by atoms with Gasteiger partial charge in [-0.25, -0.2) is 12.7 Å². The molecule has 2 aromatic rings. The van der Waals surface area contributed by atoms with Crippen molar-refractivity contribution in [3.63, 3.8) is 0 Å². The molecule has 1 atom stereocenters. The first-order valence-electron chi connectivity index (χ1n) is 10.3. The van der Waals surface area contributed by atoms with Crippen molar-refractivity contribution in [2.45, 2.75) is 37.8 Å². The van der Waals surface area contributed by atoms with Crippen LogP contribution in [0.1, 0.15) is 36.2 Å². The summed E-state index contributed by atoms with van der Waals surface area (Å²) in [6, 6.07) is 9.69. The number of fused-ring (bicyclic) bond motifs is 1. The molecule has 0 spiro atoms.